The molecule has 0 aliphatic heterocycles. The van der Waals surface area contributed by atoms with E-state index in [1.807, 2.05) is 73.0 Å². The van der Waals surface area contributed by atoms with Crippen LogP contribution in [0.5, 0.6) is 0 Å². The number of pyridine rings is 1. The van der Waals surface area contributed by atoms with Crippen molar-refractivity contribution in [2.24, 2.45) is 4.99 Å². The summed E-state index contributed by atoms with van der Waals surface area (Å²) in [5.74, 6) is 0.937. The van der Waals surface area contributed by atoms with E-state index in [2.05, 4.69) is 9.98 Å². The monoisotopic (exact) mass is 245 g/mol. The second-order valence-corrected chi connectivity index (χ2v) is 4.60. The van der Waals surface area contributed by atoms with E-state index in [4.69, 9.17) is 0 Å². The predicted octanol–water partition coefficient (Wildman–Crippen LogP) is 1.31. The molecule has 0 N–H and O–H groups in total. The summed E-state index contributed by atoms with van der Waals surface area (Å²) < 4.78 is 2.01. The van der Waals surface area contributed by atoms with Crippen LogP contribution >= 0.6 is 0 Å². The smallest absolute Gasteiger partial charge is 0.195 e. The first-order valence-corrected chi connectivity index (χ1v) is 5.89. The minimum Gasteiger partial charge on any atom is -0.349 e. The quantitative estimate of drug-likeness (QED) is 0.591. The zero-order valence-corrected chi connectivity index (χ0v) is 11.3. The molecule has 0 aromatic carbocycles. The number of fused-ring (bicyclic) bond motifs is 1. The highest BCUT2D eigenvalue weighted by molar-refractivity contribution is 5.79. The maximum absolute atomic E-state index is 4.58. The molecule has 2 rings (SSSR count). The Morgan fingerprint density at radius 2 is 1.94 bits per heavy atom. The van der Waals surface area contributed by atoms with Gasteiger partial charge in [-0.25, -0.2) is 9.98 Å². The van der Waals surface area contributed by atoms with Crippen molar-refractivity contribution in [3.05, 3.63) is 36.3 Å². The second-order valence-electron chi connectivity index (χ2n) is 4.60. The van der Waals surface area contributed by atoms with Gasteiger partial charge in [-0.2, -0.15) is 0 Å². The van der Waals surface area contributed by atoms with Gasteiger partial charge in [0.15, 0.2) is 5.96 Å². The van der Waals surface area contributed by atoms with E-state index in [0.717, 1.165) is 17.3 Å². The number of aromatic nitrogens is 2. The second kappa shape index (κ2) is 5.08. The van der Waals surface area contributed by atoms with Gasteiger partial charge in [0, 0.05) is 40.6 Å². The van der Waals surface area contributed by atoms with Crippen LogP contribution in [0.2, 0.25) is 0 Å². The molecule has 0 radical (unpaired) electrons. The Balaban J connectivity index is 2.20. The summed E-state index contributed by atoms with van der Waals surface area (Å²) in [5, 5.41) is 0. The number of hydrogen-bond acceptors (Lipinski definition) is 2. The van der Waals surface area contributed by atoms with Crippen molar-refractivity contribution < 1.29 is 0 Å². The van der Waals surface area contributed by atoms with Gasteiger partial charge in [0.05, 0.1) is 12.2 Å². The van der Waals surface area contributed by atoms with Crippen molar-refractivity contribution in [2.75, 3.05) is 28.2 Å². The zero-order valence-electron chi connectivity index (χ0n) is 11.3. The Kier molecular flexibility index (Phi) is 3.50. The van der Waals surface area contributed by atoms with Crippen LogP contribution in [0.15, 0.2) is 35.6 Å². The van der Waals surface area contributed by atoms with Gasteiger partial charge in [0.1, 0.15) is 5.65 Å². The summed E-state index contributed by atoms with van der Waals surface area (Å²) in [6.07, 6.45) is 4.01. The highest BCUT2D eigenvalue weighted by atomic mass is 15.3. The van der Waals surface area contributed by atoms with Crippen molar-refractivity contribution in [3.63, 3.8) is 0 Å². The lowest BCUT2D eigenvalue weighted by Crippen LogP contribution is -2.35. The fourth-order valence-electron chi connectivity index (χ4n) is 1.90. The summed E-state index contributed by atoms with van der Waals surface area (Å²) in [7, 11) is 7.95. The highest BCUT2D eigenvalue weighted by Gasteiger charge is 2.05. The van der Waals surface area contributed by atoms with Gasteiger partial charge >= 0.3 is 0 Å². The van der Waals surface area contributed by atoms with E-state index in [9.17, 15) is 0 Å². The molecule has 96 valence electrons. The van der Waals surface area contributed by atoms with Gasteiger partial charge in [-0.05, 0) is 12.1 Å². The van der Waals surface area contributed by atoms with E-state index in [-0.39, 0.29) is 0 Å². The van der Waals surface area contributed by atoms with Crippen molar-refractivity contribution in [1.29, 1.82) is 0 Å². The third kappa shape index (κ3) is 2.61. The Hall–Kier alpha value is -2.04. The Labute approximate surface area is 107 Å². The van der Waals surface area contributed by atoms with Crippen LogP contribution < -0.4 is 0 Å². The molecule has 0 bridgehead atoms. The summed E-state index contributed by atoms with van der Waals surface area (Å²) in [6, 6.07) is 5.97. The van der Waals surface area contributed by atoms with Gasteiger partial charge < -0.3 is 14.2 Å². The maximum Gasteiger partial charge on any atom is 0.195 e. The molecule has 5 nitrogen and oxygen atoms in total. The topological polar surface area (TPSA) is 36.1 Å². The molecule has 0 unspecified atom stereocenters. The first-order valence-electron chi connectivity index (χ1n) is 5.89. The molecule has 2 aromatic heterocycles. The lowest BCUT2D eigenvalue weighted by atomic mass is 10.5. The van der Waals surface area contributed by atoms with E-state index < -0.39 is 0 Å². The fourth-order valence-corrected chi connectivity index (χ4v) is 1.90. The predicted molar refractivity (Wildman–Crippen MR) is 73.7 cm³/mol. The standard InChI is InChI=1S/C13H19N5/c1-16(2)13(17(3)4)14-9-11-10-18-8-6-5-7-12(18)15-11/h5-8,10H,9H2,1-4H3. The normalized spacial score (nSPS) is 10.4. The molecule has 0 fully saturated rings. The number of nitrogens with zero attached hydrogens (tertiary/aromatic N) is 5. The van der Waals surface area contributed by atoms with Crippen molar-refractivity contribution in [2.45, 2.75) is 6.54 Å². The van der Waals surface area contributed by atoms with E-state index in [1.165, 1.54) is 0 Å². The van der Waals surface area contributed by atoms with Gasteiger partial charge in [-0.1, -0.05) is 6.07 Å². The summed E-state index contributed by atoms with van der Waals surface area (Å²) in [5.41, 5.74) is 1.93. The van der Waals surface area contributed by atoms with Gasteiger partial charge in [0.2, 0.25) is 0 Å². The van der Waals surface area contributed by atoms with Crippen molar-refractivity contribution >= 4 is 11.6 Å². The van der Waals surface area contributed by atoms with Crippen LogP contribution in [0.25, 0.3) is 5.65 Å². The van der Waals surface area contributed by atoms with Crippen LogP contribution in [-0.2, 0) is 6.54 Å². The number of hydrogen-bond donors (Lipinski definition) is 0. The largest absolute Gasteiger partial charge is 0.349 e. The van der Waals surface area contributed by atoms with Crippen LogP contribution in [0.1, 0.15) is 5.69 Å². The summed E-state index contributed by atoms with van der Waals surface area (Å²) in [4.78, 5) is 13.1. The average molecular weight is 245 g/mol. The fraction of sp³-hybridized carbons (Fsp3) is 0.385. The van der Waals surface area contributed by atoms with Gasteiger partial charge in [0.25, 0.3) is 0 Å². The van der Waals surface area contributed by atoms with Crippen LogP contribution in [0, 0.1) is 0 Å². The number of imidazole rings is 1. The van der Waals surface area contributed by atoms with E-state index in [1.54, 1.807) is 0 Å². The average Bonchev–Trinajstić information content (AvgIpc) is 2.70. The molecular formula is C13H19N5. The number of aliphatic imine (C=N–C) groups is 1. The number of rotatable bonds is 2. The first kappa shape index (κ1) is 12.4. The Morgan fingerprint density at radius 1 is 1.22 bits per heavy atom. The van der Waals surface area contributed by atoms with Gasteiger partial charge in [-0.3, -0.25) is 0 Å². The molecule has 0 amide bonds. The third-order valence-electron chi connectivity index (χ3n) is 2.60. The van der Waals surface area contributed by atoms with Crippen molar-refractivity contribution in [1.82, 2.24) is 19.2 Å². The SMILES string of the molecule is CN(C)C(=NCc1cn2ccccc2n1)N(C)C. The lowest BCUT2D eigenvalue weighted by Gasteiger charge is -2.22. The minimum absolute atomic E-state index is 0.591. The molecule has 5 heteroatoms. The van der Waals surface area contributed by atoms with E-state index in [0.29, 0.717) is 6.54 Å². The molecule has 0 atom stereocenters. The van der Waals surface area contributed by atoms with Crippen LogP contribution in [0.4, 0.5) is 0 Å². The molecule has 0 aliphatic rings. The Bertz CT molecular complexity index is 510. The zero-order chi connectivity index (χ0) is 13.1. The molecule has 0 saturated heterocycles. The van der Waals surface area contributed by atoms with Gasteiger partial charge in [-0.15, -0.1) is 0 Å². The lowest BCUT2D eigenvalue weighted by molar-refractivity contribution is 0.479. The first-order chi connectivity index (χ1) is 8.58. The van der Waals surface area contributed by atoms with Crippen molar-refractivity contribution in [3.8, 4) is 0 Å². The summed E-state index contributed by atoms with van der Waals surface area (Å²) >= 11 is 0. The molecule has 2 aromatic rings. The molecule has 18 heavy (non-hydrogen) atoms. The highest BCUT2D eigenvalue weighted by Crippen LogP contribution is 2.06. The summed E-state index contributed by atoms with van der Waals surface area (Å²) in [6.45, 7) is 0.591. The third-order valence-corrected chi connectivity index (χ3v) is 2.60. The molecule has 0 aliphatic carbocycles. The van der Waals surface area contributed by atoms with Crippen LogP contribution in [0.3, 0.4) is 0 Å². The van der Waals surface area contributed by atoms with Crippen LogP contribution in [-0.4, -0.2) is 53.3 Å². The van der Waals surface area contributed by atoms with E-state index >= 15 is 0 Å². The maximum atomic E-state index is 4.58. The molecule has 0 spiro atoms. The number of guanidine groups is 1. The molecule has 0 saturated carbocycles. The Morgan fingerprint density at radius 3 is 2.56 bits per heavy atom. The molecular weight excluding hydrogens is 226 g/mol. The molecule has 2 heterocycles. The minimum atomic E-state index is 0.591.